The molecule has 0 radical (unpaired) electrons. The third kappa shape index (κ3) is 2.46. The number of nitrogens with two attached hydrogens (primary N) is 1. The number of benzene rings is 1. The lowest BCUT2D eigenvalue weighted by Gasteiger charge is -2.29. The average molecular weight is 243 g/mol. The molecule has 0 fully saturated rings. The van der Waals surface area contributed by atoms with Crippen molar-refractivity contribution in [1.82, 2.24) is 0 Å². The molecule has 94 valence electrons. The van der Waals surface area contributed by atoms with Crippen molar-refractivity contribution in [3.8, 4) is 0 Å². The Kier molecular flexibility index (Phi) is 3.17. The van der Waals surface area contributed by atoms with Crippen molar-refractivity contribution in [3.63, 3.8) is 0 Å². The minimum Gasteiger partial charge on any atom is -0.330 e. The van der Waals surface area contributed by atoms with Crippen LogP contribution in [0.2, 0.25) is 0 Å². The van der Waals surface area contributed by atoms with Crippen molar-refractivity contribution in [2.24, 2.45) is 5.73 Å². The number of hydrogen-bond donors (Lipinski definition) is 1. The second-order valence-electron chi connectivity index (χ2n) is 4.76. The van der Waals surface area contributed by atoms with E-state index >= 15 is 0 Å². The molecule has 17 heavy (non-hydrogen) atoms. The SMILES string of the molecule is NCC1(CCC(F)(F)F)CCc2ccccc21. The van der Waals surface area contributed by atoms with Crippen molar-refractivity contribution in [3.05, 3.63) is 35.4 Å². The predicted octanol–water partition coefficient (Wildman–Crippen LogP) is 3.17. The Morgan fingerprint density at radius 2 is 1.94 bits per heavy atom. The number of rotatable bonds is 3. The van der Waals surface area contributed by atoms with E-state index in [4.69, 9.17) is 5.73 Å². The summed E-state index contributed by atoms with van der Waals surface area (Å²) in [6, 6.07) is 7.71. The molecule has 0 amide bonds. The molecule has 1 aliphatic rings. The molecule has 4 heteroatoms. The summed E-state index contributed by atoms with van der Waals surface area (Å²) in [4.78, 5) is 0. The molecule has 0 aliphatic heterocycles. The first kappa shape index (κ1) is 12.4. The van der Waals surface area contributed by atoms with Gasteiger partial charge >= 0.3 is 6.18 Å². The summed E-state index contributed by atoms with van der Waals surface area (Å²) in [5.41, 5.74) is 7.45. The molecule has 0 bridgehead atoms. The van der Waals surface area contributed by atoms with Gasteiger partial charge in [-0.3, -0.25) is 0 Å². The van der Waals surface area contributed by atoms with E-state index in [-0.39, 0.29) is 6.42 Å². The lowest BCUT2D eigenvalue weighted by molar-refractivity contribution is -0.138. The molecule has 2 N–H and O–H groups in total. The summed E-state index contributed by atoms with van der Waals surface area (Å²) in [7, 11) is 0. The van der Waals surface area contributed by atoms with E-state index in [1.54, 1.807) is 0 Å². The van der Waals surface area contributed by atoms with Crippen LogP contribution in [0.1, 0.15) is 30.4 Å². The quantitative estimate of drug-likeness (QED) is 0.867. The maximum Gasteiger partial charge on any atom is 0.389 e. The van der Waals surface area contributed by atoms with Crippen LogP contribution in [0.25, 0.3) is 0 Å². The highest BCUT2D eigenvalue weighted by atomic mass is 19.4. The van der Waals surface area contributed by atoms with Crippen molar-refractivity contribution < 1.29 is 13.2 Å². The van der Waals surface area contributed by atoms with Crippen LogP contribution in [0.5, 0.6) is 0 Å². The van der Waals surface area contributed by atoms with Gasteiger partial charge in [0.15, 0.2) is 0 Å². The summed E-state index contributed by atoms with van der Waals surface area (Å²) < 4.78 is 37.1. The standard InChI is InChI=1S/C13H16F3N/c14-13(15,16)8-7-12(9-17)6-5-10-3-1-2-4-11(10)12/h1-4H,5-9,17H2. The topological polar surface area (TPSA) is 26.0 Å². The Hall–Kier alpha value is -1.03. The minimum absolute atomic E-state index is 0.101. The summed E-state index contributed by atoms with van der Waals surface area (Å²) >= 11 is 0. The third-order valence-corrected chi connectivity index (χ3v) is 3.74. The molecular weight excluding hydrogens is 227 g/mol. The van der Waals surface area contributed by atoms with Gasteiger partial charge in [0.25, 0.3) is 0 Å². The van der Waals surface area contributed by atoms with E-state index in [0.717, 1.165) is 24.0 Å². The summed E-state index contributed by atoms with van der Waals surface area (Å²) in [5, 5.41) is 0. The number of fused-ring (bicyclic) bond motifs is 1. The highest BCUT2D eigenvalue weighted by molar-refractivity contribution is 5.39. The zero-order valence-electron chi connectivity index (χ0n) is 9.56. The minimum atomic E-state index is -4.10. The lowest BCUT2D eigenvalue weighted by Crippen LogP contribution is -2.34. The largest absolute Gasteiger partial charge is 0.389 e. The molecule has 1 unspecified atom stereocenters. The van der Waals surface area contributed by atoms with Crippen LogP contribution >= 0.6 is 0 Å². The van der Waals surface area contributed by atoms with Gasteiger partial charge in [-0.1, -0.05) is 24.3 Å². The summed E-state index contributed by atoms with van der Waals surface area (Å²) in [6.45, 7) is 0.292. The van der Waals surface area contributed by atoms with Crippen LogP contribution in [-0.2, 0) is 11.8 Å². The van der Waals surface area contributed by atoms with Crippen LogP contribution in [0.3, 0.4) is 0 Å². The fraction of sp³-hybridized carbons (Fsp3) is 0.538. The monoisotopic (exact) mass is 243 g/mol. The van der Waals surface area contributed by atoms with E-state index in [1.807, 2.05) is 24.3 Å². The van der Waals surface area contributed by atoms with E-state index < -0.39 is 18.0 Å². The second-order valence-corrected chi connectivity index (χ2v) is 4.76. The van der Waals surface area contributed by atoms with Crippen molar-refractivity contribution in [2.45, 2.75) is 37.3 Å². The van der Waals surface area contributed by atoms with Crippen molar-refractivity contribution in [2.75, 3.05) is 6.54 Å². The van der Waals surface area contributed by atoms with Crippen LogP contribution in [0.15, 0.2) is 24.3 Å². The third-order valence-electron chi connectivity index (χ3n) is 3.74. The molecule has 0 heterocycles. The van der Waals surface area contributed by atoms with Crippen LogP contribution in [-0.4, -0.2) is 12.7 Å². The molecule has 0 spiro atoms. The lowest BCUT2D eigenvalue weighted by atomic mass is 9.78. The van der Waals surface area contributed by atoms with Crippen LogP contribution < -0.4 is 5.73 Å². The van der Waals surface area contributed by atoms with Crippen LogP contribution in [0.4, 0.5) is 13.2 Å². The number of halogens is 3. The molecule has 1 aromatic rings. The maximum absolute atomic E-state index is 12.4. The Balaban J connectivity index is 2.22. The normalized spacial score (nSPS) is 23.8. The van der Waals surface area contributed by atoms with Gasteiger partial charge in [-0.15, -0.1) is 0 Å². The zero-order chi connectivity index (χ0) is 12.5. The van der Waals surface area contributed by atoms with Gasteiger partial charge in [-0.05, 0) is 30.4 Å². The van der Waals surface area contributed by atoms with Gasteiger partial charge < -0.3 is 5.73 Å². The summed E-state index contributed by atoms with van der Waals surface area (Å²) in [5.74, 6) is 0. The highest BCUT2D eigenvalue weighted by Gasteiger charge is 2.40. The number of aryl methyl sites for hydroxylation is 1. The fourth-order valence-corrected chi connectivity index (χ4v) is 2.72. The maximum atomic E-state index is 12.4. The van der Waals surface area contributed by atoms with Crippen molar-refractivity contribution in [1.29, 1.82) is 0 Å². The predicted molar refractivity (Wildman–Crippen MR) is 60.8 cm³/mol. The second kappa shape index (κ2) is 4.33. The molecular formula is C13H16F3N. The Morgan fingerprint density at radius 1 is 1.24 bits per heavy atom. The van der Waals surface area contributed by atoms with Gasteiger partial charge in [0, 0.05) is 18.4 Å². The molecule has 0 saturated heterocycles. The van der Waals surface area contributed by atoms with Gasteiger partial charge in [0.1, 0.15) is 0 Å². The molecule has 1 nitrogen and oxygen atoms in total. The number of alkyl halides is 3. The number of hydrogen-bond acceptors (Lipinski definition) is 1. The smallest absolute Gasteiger partial charge is 0.330 e. The summed E-state index contributed by atoms with van der Waals surface area (Å²) in [6.07, 6.45) is -3.17. The average Bonchev–Trinajstić information content (AvgIpc) is 2.66. The fourth-order valence-electron chi connectivity index (χ4n) is 2.72. The molecule has 1 aliphatic carbocycles. The van der Waals surface area contributed by atoms with Gasteiger partial charge in [0.05, 0.1) is 0 Å². The molecule has 2 rings (SSSR count). The first-order valence-electron chi connectivity index (χ1n) is 5.82. The molecule has 0 saturated carbocycles. The van der Waals surface area contributed by atoms with Crippen LogP contribution in [0, 0.1) is 0 Å². The van der Waals surface area contributed by atoms with Gasteiger partial charge in [0.2, 0.25) is 0 Å². The van der Waals surface area contributed by atoms with E-state index in [9.17, 15) is 13.2 Å². The Labute approximate surface area is 98.8 Å². The zero-order valence-corrected chi connectivity index (χ0v) is 9.56. The Bertz CT molecular complexity index is 400. The highest BCUT2D eigenvalue weighted by Crippen LogP contribution is 2.43. The molecule has 1 aromatic carbocycles. The van der Waals surface area contributed by atoms with E-state index in [0.29, 0.717) is 6.54 Å². The Morgan fingerprint density at radius 3 is 2.59 bits per heavy atom. The first-order valence-corrected chi connectivity index (χ1v) is 5.82. The van der Waals surface area contributed by atoms with Crippen molar-refractivity contribution >= 4 is 0 Å². The first-order chi connectivity index (χ1) is 7.97. The van der Waals surface area contributed by atoms with E-state index in [1.165, 1.54) is 0 Å². The van der Waals surface area contributed by atoms with Gasteiger partial charge in [-0.2, -0.15) is 13.2 Å². The molecule has 1 atom stereocenters. The van der Waals surface area contributed by atoms with E-state index in [2.05, 4.69) is 0 Å². The van der Waals surface area contributed by atoms with Gasteiger partial charge in [-0.25, -0.2) is 0 Å². The molecule has 0 aromatic heterocycles.